The molecule has 1 N–H and O–H groups in total. The van der Waals surface area contributed by atoms with E-state index < -0.39 is 0 Å². The van der Waals surface area contributed by atoms with E-state index in [4.69, 9.17) is 0 Å². The molecule has 0 saturated carbocycles. The lowest BCUT2D eigenvalue weighted by molar-refractivity contribution is 0.0933. The van der Waals surface area contributed by atoms with Gasteiger partial charge < -0.3 is 5.32 Å². The maximum Gasteiger partial charge on any atom is 0.270 e. The lowest BCUT2D eigenvalue weighted by Gasteiger charge is -2.12. The molecule has 24 heavy (non-hydrogen) atoms. The van der Waals surface area contributed by atoms with E-state index in [9.17, 15) is 4.79 Å². The summed E-state index contributed by atoms with van der Waals surface area (Å²) in [6.07, 6.45) is 1.88. The average molecular weight is 317 g/mol. The third-order valence-electron chi connectivity index (χ3n) is 3.91. The van der Waals surface area contributed by atoms with Gasteiger partial charge in [-0.15, -0.1) is 10.2 Å². The quantitative estimate of drug-likeness (QED) is 0.630. The van der Waals surface area contributed by atoms with E-state index in [1.165, 1.54) is 0 Å². The van der Waals surface area contributed by atoms with Crippen LogP contribution in [-0.2, 0) is 0 Å². The Labute approximate surface area is 138 Å². The van der Waals surface area contributed by atoms with E-state index in [0.717, 1.165) is 16.6 Å². The van der Waals surface area contributed by atoms with Crippen LogP contribution in [0.25, 0.3) is 16.6 Å². The lowest BCUT2D eigenvalue weighted by atomic mass is 10.2. The second kappa shape index (κ2) is 5.73. The highest BCUT2D eigenvalue weighted by molar-refractivity contribution is 5.95. The maximum atomic E-state index is 12.5. The van der Waals surface area contributed by atoms with Crippen molar-refractivity contribution in [2.75, 3.05) is 0 Å². The third-order valence-corrected chi connectivity index (χ3v) is 3.91. The molecule has 0 aliphatic carbocycles. The highest BCUT2D eigenvalue weighted by atomic mass is 16.1. The predicted molar refractivity (Wildman–Crippen MR) is 90.6 cm³/mol. The van der Waals surface area contributed by atoms with E-state index in [-0.39, 0.29) is 11.9 Å². The number of benzene rings is 1. The zero-order chi connectivity index (χ0) is 16.5. The number of aromatic nitrogens is 4. The molecule has 0 aliphatic heterocycles. The van der Waals surface area contributed by atoms with Gasteiger partial charge in [0.05, 0.1) is 11.6 Å². The smallest absolute Gasteiger partial charge is 0.270 e. The summed E-state index contributed by atoms with van der Waals surface area (Å²) in [6.45, 7) is 1.88. The first kappa shape index (κ1) is 14.3. The molecular weight excluding hydrogens is 302 g/mol. The van der Waals surface area contributed by atoms with Crippen LogP contribution < -0.4 is 5.32 Å². The number of nitrogens with zero attached hydrogens (tertiary/aromatic N) is 4. The van der Waals surface area contributed by atoms with E-state index >= 15 is 0 Å². The molecule has 1 unspecified atom stereocenters. The number of fused-ring (bicyclic) bond motifs is 2. The Morgan fingerprint density at radius 2 is 1.88 bits per heavy atom. The van der Waals surface area contributed by atoms with Crippen LogP contribution in [-0.4, -0.2) is 25.5 Å². The van der Waals surface area contributed by atoms with E-state index in [1.54, 1.807) is 6.07 Å². The number of nitrogens with one attached hydrogen (secondary N) is 1. The van der Waals surface area contributed by atoms with Gasteiger partial charge in [0.2, 0.25) is 0 Å². The highest BCUT2D eigenvalue weighted by Gasteiger charge is 2.17. The van der Waals surface area contributed by atoms with Crippen LogP contribution in [0.2, 0.25) is 0 Å². The first-order chi connectivity index (χ1) is 11.7. The molecule has 6 nitrogen and oxygen atoms in total. The summed E-state index contributed by atoms with van der Waals surface area (Å²) in [6, 6.07) is 16.7. The monoisotopic (exact) mass is 317 g/mol. The van der Waals surface area contributed by atoms with Crippen LogP contribution in [0, 0.1) is 0 Å². The summed E-state index contributed by atoms with van der Waals surface area (Å²) in [5.74, 6) is 0.445. The van der Waals surface area contributed by atoms with Gasteiger partial charge in [0.1, 0.15) is 5.69 Å². The van der Waals surface area contributed by atoms with Crippen molar-refractivity contribution in [1.82, 2.24) is 24.9 Å². The fourth-order valence-electron chi connectivity index (χ4n) is 2.68. The van der Waals surface area contributed by atoms with Crippen molar-refractivity contribution < 1.29 is 4.79 Å². The van der Waals surface area contributed by atoms with Gasteiger partial charge in [0.25, 0.3) is 5.91 Å². The number of pyridine rings is 2. The molecule has 6 heteroatoms. The van der Waals surface area contributed by atoms with Crippen molar-refractivity contribution in [3.05, 3.63) is 72.3 Å². The number of rotatable bonds is 3. The molecule has 1 atom stereocenters. The Morgan fingerprint density at radius 1 is 1.04 bits per heavy atom. The number of carbonyl (C=O) groups is 1. The Kier molecular flexibility index (Phi) is 3.42. The van der Waals surface area contributed by atoms with Gasteiger partial charge in [-0.3, -0.25) is 9.20 Å². The fraction of sp³-hybridized carbons (Fsp3) is 0.111. The van der Waals surface area contributed by atoms with Gasteiger partial charge >= 0.3 is 0 Å². The van der Waals surface area contributed by atoms with Crippen molar-refractivity contribution in [3.63, 3.8) is 0 Å². The molecule has 3 aromatic heterocycles. The predicted octanol–water partition coefficient (Wildman–Crippen LogP) is 2.77. The van der Waals surface area contributed by atoms with Gasteiger partial charge in [-0.1, -0.05) is 30.3 Å². The van der Waals surface area contributed by atoms with Gasteiger partial charge in [0.15, 0.2) is 11.5 Å². The number of carbonyl (C=O) groups excluding carboxylic acids is 1. The molecular formula is C18H15N5O. The van der Waals surface area contributed by atoms with Crippen molar-refractivity contribution in [2.45, 2.75) is 13.0 Å². The van der Waals surface area contributed by atoms with Crippen molar-refractivity contribution in [2.24, 2.45) is 0 Å². The summed E-state index contributed by atoms with van der Waals surface area (Å²) in [5, 5.41) is 12.2. The SMILES string of the molecule is CC(NC(=O)c1ccc2ccccc2n1)c1nnc2ccccn12. The Hall–Kier alpha value is -3.28. The molecule has 4 aromatic rings. The minimum atomic E-state index is -0.289. The highest BCUT2D eigenvalue weighted by Crippen LogP contribution is 2.14. The maximum absolute atomic E-state index is 12.5. The Balaban J connectivity index is 1.60. The lowest BCUT2D eigenvalue weighted by Crippen LogP contribution is -2.28. The van der Waals surface area contributed by atoms with E-state index in [2.05, 4.69) is 20.5 Å². The zero-order valence-electron chi connectivity index (χ0n) is 13.0. The largest absolute Gasteiger partial charge is 0.341 e. The minimum absolute atomic E-state index is 0.235. The summed E-state index contributed by atoms with van der Waals surface area (Å²) in [7, 11) is 0. The fourth-order valence-corrected chi connectivity index (χ4v) is 2.68. The van der Waals surface area contributed by atoms with Gasteiger partial charge in [-0.25, -0.2) is 4.98 Å². The molecule has 3 heterocycles. The number of para-hydroxylation sites is 1. The number of hydrogen-bond acceptors (Lipinski definition) is 4. The van der Waals surface area contributed by atoms with Gasteiger partial charge in [-0.05, 0) is 31.2 Å². The van der Waals surface area contributed by atoms with Crippen molar-refractivity contribution >= 4 is 22.5 Å². The zero-order valence-corrected chi connectivity index (χ0v) is 13.0. The summed E-state index contributed by atoms with van der Waals surface area (Å²) in [4.78, 5) is 16.9. The summed E-state index contributed by atoms with van der Waals surface area (Å²) < 4.78 is 1.86. The van der Waals surface area contributed by atoms with Crippen LogP contribution in [0.5, 0.6) is 0 Å². The normalized spacial score (nSPS) is 12.4. The van der Waals surface area contributed by atoms with Crippen LogP contribution in [0.15, 0.2) is 60.8 Å². The summed E-state index contributed by atoms with van der Waals surface area (Å²) >= 11 is 0. The molecule has 0 saturated heterocycles. The van der Waals surface area contributed by atoms with Crippen LogP contribution in [0.1, 0.15) is 29.3 Å². The first-order valence-corrected chi connectivity index (χ1v) is 7.69. The summed E-state index contributed by atoms with van der Waals surface area (Å²) in [5.41, 5.74) is 1.93. The molecule has 0 spiro atoms. The number of amides is 1. The second-order valence-electron chi connectivity index (χ2n) is 5.57. The molecule has 1 amide bonds. The minimum Gasteiger partial charge on any atom is -0.341 e. The molecule has 0 radical (unpaired) electrons. The third kappa shape index (κ3) is 2.48. The van der Waals surface area contributed by atoms with Crippen LogP contribution in [0.3, 0.4) is 0 Å². The molecule has 1 aromatic carbocycles. The van der Waals surface area contributed by atoms with Gasteiger partial charge in [0, 0.05) is 11.6 Å². The number of hydrogen-bond donors (Lipinski definition) is 1. The standard InChI is InChI=1S/C18H15N5O/c1-12(17-22-21-16-8-4-5-11-23(16)17)19-18(24)15-10-9-13-6-2-3-7-14(13)20-15/h2-12H,1H3,(H,19,24). The first-order valence-electron chi connectivity index (χ1n) is 7.69. The molecule has 4 rings (SSSR count). The second-order valence-corrected chi connectivity index (χ2v) is 5.57. The topological polar surface area (TPSA) is 72.2 Å². The van der Waals surface area contributed by atoms with E-state index in [1.807, 2.05) is 66.1 Å². The van der Waals surface area contributed by atoms with Crippen molar-refractivity contribution in [1.29, 1.82) is 0 Å². The van der Waals surface area contributed by atoms with Gasteiger partial charge in [-0.2, -0.15) is 0 Å². The Bertz CT molecular complexity index is 1040. The van der Waals surface area contributed by atoms with Crippen LogP contribution in [0.4, 0.5) is 0 Å². The molecule has 118 valence electrons. The Morgan fingerprint density at radius 3 is 2.79 bits per heavy atom. The van der Waals surface area contributed by atoms with E-state index in [0.29, 0.717) is 11.5 Å². The average Bonchev–Trinajstić information content (AvgIpc) is 3.05. The molecule has 0 bridgehead atoms. The molecule has 0 fully saturated rings. The molecule has 0 aliphatic rings. The van der Waals surface area contributed by atoms with Crippen molar-refractivity contribution in [3.8, 4) is 0 Å². The van der Waals surface area contributed by atoms with Crippen LogP contribution >= 0.6 is 0 Å².